The Labute approximate surface area is 182 Å². The van der Waals surface area contributed by atoms with Gasteiger partial charge in [-0.15, -0.1) is 0 Å². The molecule has 1 nitrogen and oxygen atoms in total. The van der Waals surface area contributed by atoms with Crippen LogP contribution in [0.15, 0.2) is 11.6 Å². The highest BCUT2D eigenvalue weighted by atomic mass is 16.3. The second-order valence-corrected chi connectivity index (χ2v) is 11.7. The van der Waals surface area contributed by atoms with Gasteiger partial charge in [0.25, 0.3) is 0 Å². The number of hydrogen-bond acceptors (Lipinski definition) is 1. The third-order valence-corrected chi connectivity index (χ3v) is 9.86. The van der Waals surface area contributed by atoms with Gasteiger partial charge in [-0.1, -0.05) is 72.5 Å². The van der Waals surface area contributed by atoms with Crippen molar-refractivity contribution in [1.82, 2.24) is 0 Å². The van der Waals surface area contributed by atoms with Crippen molar-refractivity contribution in [3.8, 4) is 0 Å². The maximum atomic E-state index is 10.2. The van der Waals surface area contributed by atoms with E-state index >= 15 is 0 Å². The van der Waals surface area contributed by atoms with E-state index in [1.54, 1.807) is 5.57 Å². The van der Waals surface area contributed by atoms with Gasteiger partial charge in [0.15, 0.2) is 0 Å². The number of fused-ring (bicyclic) bond motifs is 5. The highest BCUT2D eigenvalue weighted by Crippen LogP contribution is 2.66. The summed E-state index contributed by atoms with van der Waals surface area (Å²) in [4.78, 5) is 0. The molecule has 4 rings (SSSR count). The molecular formula is C28H50O. The van der Waals surface area contributed by atoms with E-state index in [-0.39, 0.29) is 6.10 Å². The maximum Gasteiger partial charge on any atom is 0.0577 e. The summed E-state index contributed by atoms with van der Waals surface area (Å²) in [6.45, 7) is 14.0. The third kappa shape index (κ3) is 4.37. The number of rotatable bonds is 5. The van der Waals surface area contributed by atoms with Crippen LogP contribution in [0.25, 0.3) is 0 Å². The van der Waals surface area contributed by atoms with Gasteiger partial charge < -0.3 is 5.11 Å². The molecule has 3 fully saturated rings. The van der Waals surface area contributed by atoms with E-state index in [1.165, 1.54) is 64.2 Å². The zero-order valence-electron chi connectivity index (χ0n) is 20.5. The van der Waals surface area contributed by atoms with Gasteiger partial charge in [-0.05, 0) is 98.2 Å². The van der Waals surface area contributed by atoms with Crippen LogP contribution < -0.4 is 0 Å². The summed E-state index contributed by atoms with van der Waals surface area (Å²) in [5, 5.41) is 10.2. The standard InChI is InChI=1S/C26H44O.C2H6/c1-18(2)7-5-6-8-19-10-12-23-22-11-9-20-17-21(27)13-15-26(20,4)24(22)14-16-25(19,23)3;1-2/h9,18-19,21-24,27H,5-8,10-17H2,1-4H3;1-2H3/t19?,21-,22-,23?,24?,25+,26-;/m0./s1. The minimum atomic E-state index is -0.0727. The highest BCUT2D eigenvalue weighted by Gasteiger charge is 2.58. The molecular weight excluding hydrogens is 352 g/mol. The van der Waals surface area contributed by atoms with E-state index < -0.39 is 0 Å². The van der Waals surface area contributed by atoms with Crippen molar-refractivity contribution in [2.75, 3.05) is 0 Å². The molecule has 0 amide bonds. The van der Waals surface area contributed by atoms with Crippen molar-refractivity contribution in [2.45, 2.75) is 125 Å². The monoisotopic (exact) mass is 402 g/mol. The molecule has 3 saturated carbocycles. The zero-order valence-corrected chi connectivity index (χ0v) is 20.5. The Morgan fingerprint density at radius 1 is 1.00 bits per heavy atom. The van der Waals surface area contributed by atoms with Crippen molar-refractivity contribution < 1.29 is 5.11 Å². The number of allylic oxidation sites excluding steroid dienone is 1. The lowest BCUT2D eigenvalue weighted by Crippen LogP contribution is -2.50. The first-order valence-electron chi connectivity index (χ1n) is 13.2. The molecule has 0 heterocycles. The predicted molar refractivity (Wildman–Crippen MR) is 126 cm³/mol. The molecule has 1 heteroatoms. The molecule has 0 aromatic heterocycles. The molecule has 29 heavy (non-hydrogen) atoms. The molecule has 0 bridgehead atoms. The summed E-state index contributed by atoms with van der Waals surface area (Å²) in [5.41, 5.74) is 2.64. The minimum Gasteiger partial charge on any atom is -0.393 e. The van der Waals surface area contributed by atoms with Gasteiger partial charge in [-0.3, -0.25) is 0 Å². The molecule has 0 spiro atoms. The first-order valence-corrected chi connectivity index (χ1v) is 13.2. The summed E-state index contributed by atoms with van der Waals surface area (Å²) < 4.78 is 0. The molecule has 7 atom stereocenters. The molecule has 0 aromatic carbocycles. The van der Waals surface area contributed by atoms with Crippen LogP contribution in [0, 0.1) is 40.4 Å². The molecule has 0 saturated heterocycles. The Kier molecular flexibility index (Phi) is 7.62. The van der Waals surface area contributed by atoms with Crippen LogP contribution in [-0.4, -0.2) is 11.2 Å². The van der Waals surface area contributed by atoms with Gasteiger partial charge in [-0.2, -0.15) is 0 Å². The van der Waals surface area contributed by atoms with Gasteiger partial charge in [0, 0.05) is 0 Å². The van der Waals surface area contributed by atoms with Gasteiger partial charge in [0.1, 0.15) is 0 Å². The first-order chi connectivity index (χ1) is 13.8. The SMILES string of the molecule is CC.CC(C)CCCCC1CCC2[C@@H]3CC=C4C[C@@H](O)CC[C@]4(C)C3CC[C@]12C. The van der Waals surface area contributed by atoms with E-state index in [9.17, 15) is 5.11 Å². The summed E-state index contributed by atoms with van der Waals surface area (Å²) in [5.74, 6) is 4.64. The van der Waals surface area contributed by atoms with Crippen molar-refractivity contribution in [1.29, 1.82) is 0 Å². The molecule has 0 aromatic rings. The van der Waals surface area contributed by atoms with Crippen LogP contribution in [-0.2, 0) is 0 Å². The fourth-order valence-corrected chi connectivity index (χ4v) is 8.17. The zero-order chi connectivity index (χ0) is 21.2. The molecule has 0 aliphatic heterocycles. The van der Waals surface area contributed by atoms with Crippen LogP contribution in [0.2, 0.25) is 0 Å². The van der Waals surface area contributed by atoms with Crippen LogP contribution >= 0.6 is 0 Å². The number of aliphatic hydroxyl groups is 1. The Bertz CT molecular complexity index is 563. The summed E-state index contributed by atoms with van der Waals surface area (Å²) in [7, 11) is 0. The van der Waals surface area contributed by atoms with E-state index in [1.807, 2.05) is 13.8 Å². The van der Waals surface area contributed by atoms with Gasteiger partial charge in [0.05, 0.1) is 6.10 Å². The minimum absolute atomic E-state index is 0.0727. The summed E-state index contributed by atoms with van der Waals surface area (Å²) in [6.07, 6.45) is 18.7. The van der Waals surface area contributed by atoms with Gasteiger partial charge in [0.2, 0.25) is 0 Å². The number of hydrogen-bond donors (Lipinski definition) is 1. The molecule has 4 aliphatic rings. The van der Waals surface area contributed by atoms with Crippen molar-refractivity contribution in [3.05, 3.63) is 11.6 Å². The van der Waals surface area contributed by atoms with E-state index in [0.717, 1.165) is 42.4 Å². The summed E-state index contributed by atoms with van der Waals surface area (Å²) >= 11 is 0. The lowest BCUT2D eigenvalue weighted by Gasteiger charge is -2.58. The lowest BCUT2D eigenvalue weighted by atomic mass is 9.47. The fraction of sp³-hybridized carbons (Fsp3) is 0.929. The Morgan fingerprint density at radius 3 is 2.48 bits per heavy atom. The third-order valence-electron chi connectivity index (χ3n) is 9.86. The van der Waals surface area contributed by atoms with E-state index in [0.29, 0.717) is 10.8 Å². The smallest absolute Gasteiger partial charge is 0.0577 e. The molecule has 1 N–H and O–H groups in total. The molecule has 0 radical (unpaired) electrons. The second kappa shape index (κ2) is 9.46. The topological polar surface area (TPSA) is 20.2 Å². The van der Waals surface area contributed by atoms with E-state index in [2.05, 4.69) is 33.8 Å². The van der Waals surface area contributed by atoms with Crippen LogP contribution in [0.4, 0.5) is 0 Å². The van der Waals surface area contributed by atoms with Crippen molar-refractivity contribution in [3.63, 3.8) is 0 Å². The van der Waals surface area contributed by atoms with Crippen LogP contribution in [0.1, 0.15) is 119 Å². The average Bonchev–Trinajstić information content (AvgIpc) is 3.03. The van der Waals surface area contributed by atoms with E-state index in [4.69, 9.17) is 0 Å². The summed E-state index contributed by atoms with van der Waals surface area (Å²) in [6, 6.07) is 0. The number of unbranched alkanes of at least 4 members (excludes halogenated alkanes) is 1. The van der Waals surface area contributed by atoms with Gasteiger partial charge >= 0.3 is 0 Å². The quantitative estimate of drug-likeness (QED) is 0.363. The normalized spacial score (nSPS) is 43.6. The van der Waals surface area contributed by atoms with Gasteiger partial charge in [-0.25, -0.2) is 0 Å². The Hall–Kier alpha value is -0.300. The highest BCUT2D eigenvalue weighted by molar-refractivity contribution is 5.25. The number of aliphatic hydroxyl groups excluding tert-OH is 1. The molecule has 4 aliphatic carbocycles. The van der Waals surface area contributed by atoms with Crippen molar-refractivity contribution >= 4 is 0 Å². The predicted octanol–water partition coefficient (Wildman–Crippen LogP) is 8.17. The van der Waals surface area contributed by atoms with Crippen LogP contribution in [0.5, 0.6) is 0 Å². The Morgan fingerprint density at radius 2 is 1.76 bits per heavy atom. The molecule has 168 valence electrons. The first kappa shape index (κ1) is 23.4. The lowest BCUT2D eigenvalue weighted by molar-refractivity contribution is -0.0508. The largest absolute Gasteiger partial charge is 0.393 e. The average molecular weight is 403 g/mol. The maximum absolute atomic E-state index is 10.2. The second-order valence-electron chi connectivity index (χ2n) is 11.7. The molecule has 3 unspecified atom stereocenters. The fourth-order valence-electron chi connectivity index (χ4n) is 8.17. The Balaban J connectivity index is 0.00000117. The van der Waals surface area contributed by atoms with Crippen molar-refractivity contribution in [2.24, 2.45) is 40.4 Å². The van der Waals surface area contributed by atoms with Crippen LogP contribution in [0.3, 0.4) is 0 Å².